The van der Waals surface area contributed by atoms with Gasteiger partial charge in [-0.1, -0.05) is 0 Å². The summed E-state index contributed by atoms with van der Waals surface area (Å²) in [6.07, 6.45) is 2.69. The van der Waals surface area contributed by atoms with Crippen LogP contribution in [0.1, 0.15) is 12.8 Å². The van der Waals surface area contributed by atoms with E-state index in [1.165, 1.54) is 0 Å². The molecule has 0 aliphatic carbocycles. The van der Waals surface area contributed by atoms with Crippen LogP contribution in [-0.4, -0.2) is 43.2 Å². The molecule has 0 saturated carbocycles. The number of hydrogen-bond acceptors (Lipinski definition) is 4. The molecule has 1 heterocycles. The molecule has 5 heteroatoms. The highest BCUT2D eigenvalue weighted by molar-refractivity contribution is 7.99. The van der Waals surface area contributed by atoms with Crippen molar-refractivity contribution in [3.63, 3.8) is 0 Å². The van der Waals surface area contributed by atoms with Gasteiger partial charge in [-0.2, -0.15) is 11.8 Å². The maximum Gasteiger partial charge on any atom is 0.235 e. The first-order valence-corrected chi connectivity index (χ1v) is 6.05. The van der Waals surface area contributed by atoms with Gasteiger partial charge in [-0.15, -0.1) is 0 Å². The van der Waals surface area contributed by atoms with E-state index >= 15 is 0 Å². The topological polar surface area (TPSA) is 64.3 Å². The fourth-order valence-corrected chi connectivity index (χ4v) is 2.63. The molecule has 1 amide bonds. The van der Waals surface area contributed by atoms with Gasteiger partial charge in [-0.3, -0.25) is 4.79 Å². The summed E-state index contributed by atoms with van der Waals surface area (Å²) in [7, 11) is 1.75. The van der Waals surface area contributed by atoms with Crippen LogP contribution in [0.25, 0.3) is 0 Å². The van der Waals surface area contributed by atoms with Crippen molar-refractivity contribution >= 4 is 17.7 Å². The lowest BCUT2D eigenvalue weighted by molar-refractivity contribution is -0.119. The normalized spacial score (nSPS) is 23.6. The van der Waals surface area contributed by atoms with Crippen molar-refractivity contribution in [1.82, 2.24) is 5.32 Å². The van der Waals surface area contributed by atoms with Gasteiger partial charge in [0.1, 0.15) is 0 Å². The van der Waals surface area contributed by atoms with Crippen LogP contribution in [0.3, 0.4) is 0 Å². The van der Waals surface area contributed by atoms with Gasteiger partial charge >= 0.3 is 0 Å². The molecular formula is C9H18N2O2S. The van der Waals surface area contributed by atoms with Gasteiger partial charge in [-0.05, 0) is 19.9 Å². The highest BCUT2D eigenvalue weighted by atomic mass is 32.2. The largest absolute Gasteiger partial charge is 0.377 e. The van der Waals surface area contributed by atoms with Crippen molar-refractivity contribution in [2.24, 2.45) is 5.73 Å². The van der Waals surface area contributed by atoms with Crippen LogP contribution in [0.5, 0.6) is 0 Å². The minimum Gasteiger partial charge on any atom is -0.377 e. The van der Waals surface area contributed by atoms with E-state index in [0.29, 0.717) is 6.10 Å². The molecule has 0 aromatic heterocycles. The molecule has 0 spiro atoms. The second-order valence-corrected chi connectivity index (χ2v) is 4.49. The van der Waals surface area contributed by atoms with Crippen LogP contribution in [-0.2, 0) is 9.53 Å². The predicted octanol–water partition coefficient (Wildman–Crippen LogP) is -0.0281. The maximum atomic E-state index is 10.9. The Morgan fingerprint density at radius 3 is 3.07 bits per heavy atom. The van der Waals surface area contributed by atoms with Crippen molar-refractivity contribution < 1.29 is 9.53 Å². The van der Waals surface area contributed by atoms with Gasteiger partial charge in [0.05, 0.1) is 12.1 Å². The fourth-order valence-electron chi connectivity index (χ4n) is 1.40. The molecule has 82 valence electrons. The first kappa shape index (κ1) is 11.8. The third-order valence-electron chi connectivity index (χ3n) is 2.30. The highest BCUT2D eigenvalue weighted by Gasteiger charge is 2.17. The van der Waals surface area contributed by atoms with E-state index in [-0.39, 0.29) is 11.9 Å². The van der Waals surface area contributed by atoms with Gasteiger partial charge in [0.15, 0.2) is 0 Å². The van der Waals surface area contributed by atoms with Crippen LogP contribution in [0.2, 0.25) is 0 Å². The van der Waals surface area contributed by atoms with Gasteiger partial charge in [0.25, 0.3) is 0 Å². The molecule has 0 aromatic carbocycles. The lowest BCUT2D eigenvalue weighted by Crippen LogP contribution is -2.41. The molecular weight excluding hydrogens is 200 g/mol. The molecule has 0 bridgehead atoms. The molecule has 2 atom stereocenters. The number of nitrogens with two attached hydrogens (primary N) is 1. The lowest BCUT2D eigenvalue weighted by atomic mass is 10.3. The van der Waals surface area contributed by atoms with E-state index in [4.69, 9.17) is 10.5 Å². The van der Waals surface area contributed by atoms with Crippen molar-refractivity contribution in [3.8, 4) is 0 Å². The molecule has 1 aliphatic heterocycles. The number of carbonyl (C=O) groups is 1. The zero-order valence-corrected chi connectivity index (χ0v) is 9.31. The third kappa shape index (κ3) is 3.86. The molecule has 4 nitrogen and oxygen atoms in total. The number of ether oxygens (including phenoxy) is 1. The molecule has 3 N–H and O–H groups in total. The Morgan fingerprint density at radius 2 is 2.57 bits per heavy atom. The van der Waals surface area contributed by atoms with Crippen molar-refractivity contribution in [3.05, 3.63) is 0 Å². The average Bonchev–Trinajstić information content (AvgIpc) is 2.64. The van der Waals surface area contributed by atoms with Crippen LogP contribution in [0, 0.1) is 0 Å². The molecule has 1 rings (SSSR count). The van der Waals surface area contributed by atoms with Gasteiger partial charge < -0.3 is 15.8 Å². The molecule has 1 saturated heterocycles. The molecule has 1 aliphatic rings. The van der Waals surface area contributed by atoms with E-state index in [2.05, 4.69) is 5.32 Å². The summed E-state index contributed by atoms with van der Waals surface area (Å²) >= 11 is 1.72. The Labute approximate surface area is 88.9 Å². The van der Waals surface area contributed by atoms with Crippen LogP contribution < -0.4 is 11.1 Å². The average molecular weight is 218 g/mol. The SMILES string of the molecule is CNC(CSCC1CCCO1)C(N)=O. The summed E-state index contributed by atoms with van der Waals surface area (Å²) in [5.74, 6) is 1.41. The Balaban J connectivity index is 2.09. The standard InChI is InChI=1S/C9H18N2O2S/c1-11-8(9(10)12)6-14-5-7-3-2-4-13-7/h7-8,11H,2-6H2,1H3,(H2,10,12). The Kier molecular flexibility index (Phi) is 5.29. The predicted molar refractivity (Wildman–Crippen MR) is 58.3 cm³/mol. The fraction of sp³-hybridized carbons (Fsp3) is 0.889. The second-order valence-electron chi connectivity index (χ2n) is 3.42. The monoisotopic (exact) mass is 218 g/mol. The lowest BCUT2D eigenvalue weighted by Gasteiger charge is -2.13. The van der Waals surface area contributed by atoms with E-state index < -0.39 is 0 Å². The molecule has 0 radical (unpaired) electrons. The number of amides is 1. The molecule has 0 aromatic rings. The Morgan fingerprint density at radius 1 is 1.79 bits per heavy atom. The number of hydrogen-bond donors (Lipinski definition) is 2. The summed E-state index contributed by atoms with van der Waals surface area (Å²) in [4.78, 5) is 10.9. The molecule has 14 heavy (non-hydrogen) atoms. The number of carbonyl (C=O) groups excluding carboxylic acids is 1. The maximum absolute atomic E-state index is 10.9. The third-order valence-corrected chi connectivity index (χ3v) is 3.48. The van der Waals surface area contributed by atoms with Crippen molar-refractivity contribution in [2.45, 2.75) is 25.0 Å². The zero-order chi connectivity index (χ0) is 10.4. The van der Waals surface area contributed by atoms with E-state index in [1.807, 2.05) is 0 Å². The number of rotatable bonds is 6. The van der Waals surface area contributed by atoms with Crippen LogP contribution in [0.4, 0.5) is 0 Å². The zero-order valence-electron chi connectivity index (χ0n) is 8.49. The van der Waals surface area contributed by atoms with E-state index in [1.54, 1.807) is 18.8 Å². The summed E-state index contributed by atoms with van der Waals surface area (Å²) in [5.41, 5.74) is 5.20. The summed E-state index contributed by atoms with van der Waals surface area (Å²) in [6, 6.07) is -0.221. The molecule has 2 unspecified atom stereocenters. The van der Waals surface area contributed by atoms with Gasteiger partial charge in [0, 0.05) is 18.1 Å². The van der Waals surface area contributed by atoms with Crippen molar-refractivity contribution in [2.75, 3.05) is 25.2 Å². The Hall–Kier alpha value is -0.260. The summed E-state index contributed by atoms with van der Waals surface area (Å²) in [5, 5.41) is 2.89. The van der Waals surface area contributed by atoms with Gasteiger partial charge in [0.2, 0.25) is 5.91 Å². The van der Waals surface area contributed by atoms with E-state index in [0.717, 1.165) is 31.0 Å². The van der Waals surface area contributed by atoms with E-state index in [9.17, 15) is 4.79 Å². The molecule has 1 fully saturated rings. The number of nitrogens with one attached hydrogen (secondary N) is 1. The first-order chi connectivity index (χ1) is 6.74. The summed E-state index contributed by atoms with van der Waals surface area (Å²) in [6.45, 7) is 0.885. The minimum atomic E-state index is -0.285. The van der Waals surface area contributed by atoms with Gasteiger partial charge in [-0.25, -0.2) is 0 Å². The number of likely N-dealkylation sites (N-methyl/N-ethyl adjacent to an activating group) is 1. The Bertz CT molecular complexity index is 184. The first-order valence-electron chi connectivity index (χ1n) is 4.90. The van der Waals surface area contributed by atoms with Crippen LogP contribution in [0.15, 0.2) is 0 Å². The second kappa shape index (κ2) is 6.27. The van der Waals surface area contributed by atoms with Crippen LogP contribution >= 0.6 is 11.8 Å². The minimum absolute atomic E-state index is 0.221. The van der Waals surface area contributed by atoms with Crippen molar-refractivity contribution in [1.29, 1.82) is 0 Å². The summed E-state index contributed by atoms with van der Waals surface area (Å²) < 4.78 is 5.47. The number of thioether (sulfide) groups is 1. The smallest absolute Gasteiger partial charge is 0.235 e. The highest BCUT2D eigenvalue weighted by Crippen LogP contribution is 2.17. The number of primary amides is 1. The quantitative estimate of drug-likeness (QED) is 0.657.